The van der Waals surface area contributed by atoms with Gasteiger partial charge >= 0.3 is 5.51 Å². The highest BCUT2D eigenvalue weighted by molar-refractivity contribution is 8.00. The molecule has 0 aromatic rings. The zero-order valence-corrected chi connectivity index (χ0v) is 10.5. The number of ether oxygens (including phenoxy) is 1. The number of methoxy groups -OCH3 is 1. The molecule has 0 aromatic heterocycles. The molecule has 0 aliphatic heterocycles. The van der Waals surface area contributed by atoms with Crippen molar-refractivity contribution in [3.05, 3.63) is 0 Å². The van der Waals surface area contributed by atoms with Crippen molar-refractivity contribution in [3.63, 3.8) is 0 Å². The van der Waals surface area contributed by atoms with Crippen molar-refractivity contribution >= 4 is 11.8 Å². The lowest BCUT2D eigenvalue weighted by Gasteiger charge is -2.51. The highest BCUT2D eigenvalue weighted by atomic mass is 32.2. The highest BCUT2D eigenvalue weighted by Crippen LogP contribution is 2.42. The lowest BCUT2D eigenvalue weighted by Crippen LogP contribution is -2.60. The first-order chi connectivity index (χ1) is 7.27. The Labute approximate surface area is 98.3 Å². The Balaban J connectivity index is 2.16. The Morgan fingerprint density at radius 1 is 1.44 bits per heavy atom. The summed E-state index contributed by atoms with van der Waals surface area (Å²) in [5.74, 6) is 0.0632. The Morgan fingerprint density at radius 2 is 2.06 bits per heavy atom. The topological polar surface area (TPSA) is 21.3 Å². The summed E-state index contributed by atoms with van der Waals surface area (Å²) >= 11 is 0.0231. The first kappa shape index (κ1) is 14.1. The second-order valence-electron chi connectivity index (χ2n) is 4.58. The van der Waals surface area contributed by atoms with Gasteiger partial charge in [-0.05, 0) is 18.2 Å². The molecule has 0 bridgehead atoms. The van der Waals surface area contributed by atoms with E-state index in [4.69, 9.17) is 4.74 Å². The molecule has 0 amide bonds. The van der Waals surface area contributed by atoms with E-state index in [2.05, 4.69) is 19.2 Å². The third-order valence-electron chi connectivity index (χ3n) is 3.22. The van der Waals surface area contributed by atoms with Crippen LogP contribution < -0.4 is 5.32 Å². The maximum Gasteiger partial charge on any atom is 0.441 e. The highest BCUT2D eigenvalue weighted by Gasteiger charge is 2.48. The van der Waals surface area contributed by atoms with Gasteiger partial charge in [0.25, 0.3) is 0 Å². The minimum absolute atomic E-state index is 0.0116. The summed E-state index contributed by atoms with van der Waals surface area (Å²) in [6.07, 6.45) is 1.08. The molecule has 0 spiro atoms. The van der Waals surface area contributed by atoms with E-state index in [0.717, 1.165) is 6.42 Å². The molecular weight excluding hydrogens is 239 g/mol. The Bertz CT molecular complexity index is 233. The Hall–Kier alpha value is 0.0600. The molecule has 1 aliphatic rings. The van der Waals surface area contributed by atoms with Crippen molar-refractivity contribution in [2.75, 3.05) is 19.4 Å². The number of halogens is 3. The van der Waals surface area contributed by atoms with Crippen LogP contribution in [0.2, 0.25) is 0 Å². The maximum absolute atomic E-state index is 11.9. The lowest BCUT2D eigenvalue weighted by atomic mass is 9.64. The van der Waals surface area contributed by atoms with Gasteiger partial charge in [-0.15, -0.1) is 0 Å². The molecule has 6 heteroatoms. The van der Waals surface area contributed by atoms with Gasteiger partial charge in [-0.1, -0.05) is 13.8 Å². The van der Waals surface area contributed by atoms with Crippen LogP contribution in [-0.2, 0) is 4.74 Å². The smallest absolute Gasteiger partial charge is 0.381 e. The molecule has 16 heavy (non-hydrogen) atoms. The van der Waals surface area contributed by atoms with Crippen molar-refractivity contribution in [2.45, 2.75) is 37.9 Å². The molecule has 1 rings (SSSR count). The van der Waals surface area contributed by atoms with E-state index < -0.39 is 5.51 Å². The molecule has 1 aliphatic carbocycles. The van der Waals surface area contributed by atoms with Gasteiger partial charge in [0, 0.05) is 30.9 Å². The van der Waals surface area contributed by atoms with Crippen molar-refractivity contribution in [3.8, 4) is 0 Å². The first-order valence-electron chi connectivity index (χ1n) is 5.24. The monoisotopic (exact) mass is 257 g/mol. The van der Waals surface area contributed by atoms with Crippen molar-refractivity contribution in [1.29, 1.82) is 0 Å². The van der Waals surface area contributed by atoms with Crippen LogP contribution in [0.4, 0.5) is 13.2 Å². The van der Waals surface area contributed by atoms with E-state index in [9.17, 15) is 13.2 Å². The third kappa shape index (κ3) is 3.53. The molecule has 1 fully saturated rings. The van der Waals surface area contributed by atoms with Crippen molar-refractivity contribution in [2.24, 2.45) is 5.41 Å². The second-order valence-corrected chi connectivity index (χ2v) is 5.74. The SMILES string of the molecule is COC1CC(NCCSC(F)(F)F)C1(C)C. The summed E-state index contributed by atoms with van der Waals surface area (Å²) in [5.41, 5.74) is -4.11. The van der Waals surface area contributed by atoms with Gasteiger partial charge in [0.05, 0.1) is 6.10 Å². The van der Waals surface area contributed by atoms with Crippen LogP contribution in [0, 0.1) is 5.41 Å². The minimum atomic E-state index is -4.12. The van der Waals surface area contributed by atoms with Crippen LogP contribution in [0.5, 0.6) is 0 Å². The van der Waals surface area contributed by atoms with Crippen LogP contribution in [0.3, 0.4) is 0 Å². The fourth-order valence-corrected chi connectivity index (χ4v) is 2.48. The van der Waals surface area contributed by atoms with Crippen molar-refractivity contribution < 1.29 is 17.9 Å². The zero-order valence-electron chi connectivity index (χ0n) is 9.73. The van der Waals surface area contributed by atoms with E-state index in [1.54, 1.807) is 7.11 Å². The number of alkyl halides is 3. The van der Waals surface area contributed by atoms with Crippen LogP contribution in [0.15, 0.2) is 0 Å². The van der Waals surface area contributed by atoms with E-state index in [1.165, 1.54) is 0 Å². The summed E-state index contributed by atoms with van der Waals surface area (Å²) in [6, 6.07) is 0.256. The largest absolute Gasteiger partial charge is 0.441 e. The summed E-state index contributed by atoms with van der Waals surface area (Å²) < 4.78 is 40.8. The van der Waals surface area contributed by atoms with Crippen LogP contribution in [0.1, 0.15) is 20.3 Å². The molecule has 0 aromatic carbocycles. The molecule has 1 saturated carbocycles. The second kappa shape index (κ2) is 5.14. The van der Waals surface area contributed by atoms with Crippen molar-refractivity contribution in [1.82, 2.24) is 5.32 Å². The van der Waals surface area contributed by atoms with E-state index in [0.29, 0.717) is 6.54 Å². The number of rotatable bonds is 5. The van der Waals surface area contributed by atoms with E-state index >= 15 is 0 Å². The van der Waals surface area contributed by atoms with Gasteiger partial charge in [-0.25, -0.2) is 0 Å². The molecule has 96 valence electrons. The molecular formula is C10H18F3NOS. The summed E-state index contributed by atoms with van der Waals surface area (Å²) in [5, 5.41) is 3.15. The Morgan fingerprint density at radius 3 is 2.50 bits per heavy atom. The maximum atomic E-state index is 11.9. The van der Waals surface area contributed by atoms with Gasteiger partial charge in [0.2, 0.25) is 0 Å². The normalized spacial score (nSPS) is 28.9. The standard InChI is InChI=1S/C10H18F3NOS/c1-9(2)7(6-8(9)15-3)14-4-5-16-10(11,12)13/h7-8,14H,4-6H2,1-3H3. The van der Waals surface area contributed by atoms with Gasteiger partial charge in [-0.2, -0.15) is 13.2 Å². The lowest BCUT2D eigenvalue weighted by molar-refractivity contribution is -0.0968. The number of hydrogen-bond acceptors (Lipinski definition) is 3. The van der Waals surface area contributed by atoms with Crippen LogP contribution >= 0.6 is 11.8 Å². The average molecular weight is 257 g/mol. The zero-order chi connectivity index (χ0) is 12.4. The molecule has 0 heterocycles. The number of thioether (sulfide) groups is 1. The van der Waals surface area contributed by atoms with E-state index in [1.807, 2.05) is 0 Å². The fourth-order valence-electron chi connectivity index (χ4n) is 2.03. The first-order valence-corrected chi connectivity index (χ1v) is 6.23. The number of nitrogens with one attached hydrogen (secondary N) is 1. The molecule has 1 N–H and O–H groups in total. The number of hydrogen-bond donors (Lipinski definition) is 1. The fraction of sp³-hybridized carbons (Fsp3) is 1.00. The van der Waals surface area contributed by atoms with Crippen LogP contribution in [0.25, 0.3) is 0 Å². The molecule has 0 saturated heterocycles. The predicted octanol–water partition coefficient (Wildman–Crippen LogP) is 2.64. The van der Waals surface area contributed by atoms with Gasteiger partial charge in [0.1, 0.15) is 0 Å². The Kier molecular flexibility index (Phi) is 4.54. The minimum Gasteiger partial charge on any atom is -0.381 e. The van der Waals surface area contributed by atoms with Gasteiger partial charge in [0.15, 0.2) is 0 Å². The van der Waals surface area contributed by atoms with Gasteiger partial charge in [-0.3, -0.25) is 0 Å². The van der Waals surface area contributed by atoms with Gasteiger partial charge < -0.3 is 10.1 Å². The third-order valence-corrected chi connectivity index (χ3v) is 3.96. The summed E-state index contributed by atoms with van der Waals surface area (Å²) in [7, 11) is 1.67. The quantitative estimate of drug-likeness (QED) is 0.765. The average Bonchev–Trinajstić information content (AvgIpc) is 2.13. The van der Waals surface area contributed by atoms with E-state index in [-0.39, 0.29) is 35.1 Å². The molecule has 2 unspecified atom stereocenters. The molecule has 2 nitrogen and oxygen atoms in total. The predicted molar refractivity (Wildman–Crippen MR) is 59.5 cm³/mol. The summed E-state index contributed by atoms with van der Waals surface area (Å²) in [6.45, 7) is 4.52. The van der Waals surface area contributed by atoms with Crippen LogP contribution in [-0.4, -0.2) is 37.1 Å². The molecule has 2 atom stereocenters. The summed E-state index contributed by atoms with van der Waals surface area (Å²) in [4.78, 5) is 0. The molecule has 0 radical (unpaired) electrons.